The summed E-state index contributed by atoms with van der Waals surface area (Å²) < 4.78 is 12.3. The Balaban J connectivity index is 2.15. The summed E-state index contributed by atoms with van der Waals surface area (Å²) in [6, 6.07) is 0. The molecule has 2 aliphatic heterocycles. The fraction of sp³-hybridized carbons (Fsp3) is 1.00. The first kappa shape index (κ1) is 13.3. The lowest BCUT2D eigenvalue weighted by atomic mass is 9.77. The van der Waals surface area contributed by atoms with E-state index in [4.69, 9.17) is 9.47 Å². The van der Waals surface area contributed by atoms with E-state index in [2.05, 4.69) is 46.9 Å². The molecule has 0 radical (unpaired) electrons. The molecule has 2 rings (SSSR count). The first-order valence-corrected chi connectivity index (χ1v) is 6.61. The van der Waals surface area contributed by atoms with Crippen LogP contribution >= 0.6 is 0 Å². The third-order valence-electron chi connectivity index (χ3n) is 3.55. The topological polar surface area (TPSA) is 30.5 Å². The monoisotopic (exact) mass is 241 g/mol. The highest BCUT2D eigenvalue weighted by atomic mass is 16.7. The minimum Gasteiger partial charge on any atom is -0.349 e. The normalized spacial score (nSPS) is 33.5. The molecule has 17 heavy (non-hydrogen) atoms. The lowest BCUT2D eigenvalue weighted by Crippen LogP contribution is -2.66. The van der Waals surface area contributed by atoms with Crippen molar-refractivity contribution in [3.8, 4) is 0 Å². The molecule has 0 aromatic carbocycles. The van der Waals surface area contributed by atoms with Gasteiger partial charge in [0.2, 0.25) is 0 Å². The summed E-state index contributed by atoms with van der Waals surface area (Å²) in [5, 5.41) is 3.66. The Hall–Kier alpha value is -0.120. The summed E-state index contributed by atoms with van der Waals surface area (Å²) >= 11 is 0. The zero-order valence-electron chi connectivity index (χ0n) is 12.1. The van der Waals surface area contributed by atoms with E-state index in [0.29, 0.717) is 0 Å². The van der Waals surface area contributed by atoms with E-state index in [-0.39, 0.29) is 22.3 Å². The molecule has 1 spiro atoms. The van der Waals surface area contributed by atoms with Crippen LogP contribution in [0.1, 0.15) is 54.4 Å². The van der Waals surface area contributed by atoms with Crippen LogP contribution in [0.3, 0.4) is 0 Å². The van der Waals surface area contributed by atoms with Crippen molar-refractivity contribution >= 4 is 0 Å². The average molecular weight is 241 g/mol. The molecule has 0 atom stereocenters. The van der Waals surface area contributed by atoms with Crippen molar-refractivity contribution in [2.24, 2.45) is 5.41 Å². The number of ether oxygens (including phenoxy) is 2. The second-order valence-corrected chi connectivity index (χ2v) is 7.90. The Morgan fingerprint density at radius 1 is 0.765 bits per heavy atom. The predicted octanol–water partition coefficient (Wildman–Crippen LogP) is 2.70. The fourth-order valence-corrected chi connectivity index (χ4v) is 3.35. The second kappa shape index (κ2) is 3.69. The first-order chi connectivity index (χ1) is 7.54. The maximum absolute atomic E-state index is 6.13. The van der Waals surface area contributed by atoms with Gasteiger partial charge in [-0.05, 0) is 27.7 Å². The summed E-state index contributed by atoms with van der Waals surface area (Å²) in [7, 11) is 0. The van der Waals surface area contributed by atoms with Gasteiger partial charge in [0.05, 0.1) is 13.2 Å². The summed E-state index contributed by atoms with van der Waals surface area (Å²) in [6.07, 6.45) is 1.83. The van der Waals surface area contributed by atoms with Crippen LogP contribution in [0.25, 0.3) is 0 Å². The maximum Gasteiger partial charge on any atom is 0.171 e. The summed E-state index contributed by atoms with van der Waals surface area (Å²) in [5.41, 5.74) is 0.261. The van der Waals surface area contributed by atoms with Crippen molar-refractivity contribution in [2.75, 3.05) is 13.2 Å². The molecule has 0 aromatic heterocycles. The van der Waals surface area contributed by atoms with E-state index in [1.165, 1.54) is 0 Å². The minimum atomic E-state index is -0.381. The van der Waals surface area contributed by atoms with Gasteiger partial charge in [-0.2, -0.15) is 0 Å². The van der Waals surface area contributed by atoms with Gasteiger partial charge in [0.25, 0.3) is 0 Å². The number of hydrogen-bond donors (Lipinski definition) is 1. The molecule has 3 heteroatoms. The van der Waals surface area contributed by atoms with Gasteiger partial charge in [-0.15, -0.1) is 0 Å². The molecule has 0 amide bonds. The number of hydrogen-bond acceptors (Lipinski definition) is 3. The quantitative estimate of drug-likeness (QED) is 0.707. The molecule has 2 aliphatic rings. The smallest absolute Gasteiger partial charge is 0.171 e. The molecule has 0 unspecified atom stereocenters. The van der Waals surface area contributed by atoms with Crippen LogP contribution in [-0.2, 0) is 9.47 Å². The molecular weight excluding hydrogens is 214 g/mol. The Morgan fingerprint density at radius 3 is 1.59 bits per heavy atom. The molecule has 0 aliphatic carbocycles. The zero-order valence-corrected chi connectivity index (χ0v) is 12.1. The van der Waals surface area contributed by atoms with Crippen molar-refractivity contribution in [2.45, 2.75) is 71.2 Å². The third kappa shape index (κ3) is 3.01. The van der Waals surface area contributed by atoms with Crippen LogP contribution < -0.4 is 5.32 Å². The van der Waals surface area contributed by atoms with E-state index in [9.17, 15) is 0 Å². The minimum absolute atomic E-state index is 0.0588. The molecule has 0 bridgehead atoms. The SMILES string of the molecule is CC1(C)COC2(CC(C)(C)NC(C)(C)C2)OC1. The van der Waals surface area contributed by atoms with Gasteiger partial charge in [-0.1, -0.05) is 13.8 Å². The van der Waals surface area contributed by atoms with Gasteiger partial charge in [0, 0.05) is 29.3 Å². The maximum atomic E-state index is 6.13. The number of nitrogens with one attached hydrogen (secondary N) is 1. The lowest BCUT2D eigenvalue weighted by molar-refractivity contribution is -0.324. The van der Waals surface area contributed by atoms with E-state index in [1.54, 1.807) is 0 Å². The Kier molecular flexibility index (Phi) is 2.89. The number of rotatable bonds is 0. The zero-order chi connectivity index (χ0) is 12.9. The highest BCUT2D eigenvalue weighted by molar-refractivity contribution is 5.02. The van der Waals surface area contributed by atoms with E-state index < -0.39 is 0 Å². The fourth-order valence-electron chi connectivity index (χ4n) is 3.35. The second-order valence-electron chi connectivity index (χ2n) is 7.90. The van der Waals surface area contributed by atoms with Gasteiger partial charge >= 0.3 is 0 Å². The van der Waals surface area contributed by atoms with Crippen molar-refractivity contribution < 1.29 is 9.47 Å². The molecule has 0 saturated carbocycles. The van der Waals surface area contributed by atoms with Crippen molar-refractivity contribution in [3.63, 3.8) is 0 Å². The largest absolute Gasteiger partial charge is 0.349 e. The highest BCUT2D eigenvalue weighted by Gasteiger charge is 2.51. The molecule has 100 valence electrons. The van der Waals surface area contributed by atoms with E-state index >= 15 is 0 Å². The van der Waals surface area contributed by atoms with E-state index in [0.717, 1.165) is 26.1 Å². The molecular formula is C14H27NO2. The summed E-state index contributed by atoms with van der Waals surface area (Å²) in [6.45, 7) is 14.9. The van der Waals surface area contributed by atoms with E-state index in [1.807, 2.05) is 0 Å². The van der Waals surface area contributed by atoms with Crippen LogP contribution in [0.15, 0.2) is 0 Å². The van der Waals surface area contributed by atoms with Gasteiger partial charge < -0.3 is 14.8 Å². The van der Waals surface area contributed by atoms with Crippen molar-refractivity contribution in [3.05, 3.63) is 0 Å². The van der Waals surface area contributed by atoms with Gasteiger partial charge in [-0.25, -0.2) is 0 Å². The Morgan fingerprint density at radius 2 is 1.18 bits per heavy atom. The predicted molar refractivity (Wildman–Crippen MR) is 68.9 cm³/mol. The summed E-state index contributed by atoms with van der Waals surface area (Å²) in [4.78, 5) is 0. The molecule has 0 aromatic rings. The molecule has 2 saturated heterocycles. The Labute approximate surface area is 105 Å². The number of piperidine rings is 1. The Bertz CT molecular complexity index is 279. The van der Waals surface area contributed by atoms with Gasteiger partial charge in [-0.3, -0.25) is 0 Å². The summed E-state index contributed by atoms with van der Waals surface area (Å²) in [5.74, 6) is -0.381. The van der Waals surface area contributed by atoms with Gasteiger partial charge in [0.15, 0.2) is 5.79 Å². The van der Waals surface area contributed by atoms with Gasteiger partial charge in [0.1, 0.15) is 0 Å². The molecule has 3 nitrogen and oxygen atoms in total. The van der Waals surface area contributed by atoms with Crippen molar-refractivity contribution in [1.29, 1.82) is 0 Å². The van der Waals surface area contributed by atoms with Crippen LogP contribution in [0, 0.1) is 5.41 Å². The van der Waals surface area contributed by atoms with Crippen LogP contribution in [-0.4, -0.2) is 30.1 Å². The lowest BCUT2D eigenvalue weighted by Gasteiger charge is -2.55. The molecule has 2 fully saturated rings. The average Bonchev–Trinajstić information content (AvgIpc) is 2.06. The van der Waals surface area contributed by atoms with Crippen LogP contribution in [0.4, 0.5) is 0 Å². The highest BCUT2D eigenvalue weighted by Crippen LogP contribution is 2.43. The molecule has 1 N–H and O–H groups in total. The first-order valence-electron chi connectivity index (χ1n) is 6.61. The van der Waals surface area contributed by atoms with Crippen LogP contribution in [0.5, 0.6) is 0 Å². The van der Waals surface area contributed by atoms with Crippen LogP contribution in [0.2, 0.25) is 0 Å². The molecule has 2 heterocycles. The third-order valence-corrected chi connectivity index (χ3v) is 3.55. The standard InChI is InChI=1S/C14H27NO2/c1-11(2)9-16-14(17-10-11)7-12(3,4)15-13(5,6)8-14/h15H,7-10H2,1-6H3. The van der Waals surface area contributed by atoms with Crippen molar-refractivity contribution in [1.82, 2.24) is 5.32 Å².